The van der Waals surface area contributed by atoms with Gasteiger partial charge in [0.15, 0.2) is 0 Å². The van der Waals surface area contributed by atoms with Gasteiger partial charge in [-0.05, 0) is 12.8 Å². The van der Waals surface area contributed by atoms with E-state index in [0.29, 0.717) is 19.6 Å². The molecule has 0 aromatic rings. The third-order valence-electron chi connectivity index (χ3n) is 2.52. The molecule has 0 aliphatic carbocycles. The second-order valence-electron chi connectivity index (χ2n) is 3.83. The predicted octanol–water partition coefficient (Wildman–Crippen LogP) is 0.771. The molecule has 0 unspecified atom stereocenters. The van der Waals surface area contributed by atoms with E-state index in [2.05, 4.69) is 25.7 Å². The number of hydrogen-bond acceptors (Lipinski definition) is 3. The summed E-state index contributed by atoms with van der Waals surface area (Å²) in [5.41, 5.74) is 0. The molecule has 0 bridgehead atoms. The van der Waals surface area contributed by atoms with Gasteiger partial charge in [0.25, 0.3) is 0 Å². The lowest BCUT2D eigenvalue weighted by Gasteiger charge is -2.21. The zero-order chi connectivity index (χ0) is 12.4. The molecule has 0 radical (unpaired) electrons. The van der Waals surface area contributed by atoms with E-state index < -0.39 is 0 Å². The van der Waals surface area contributed by atoms with Crippen molar-refractivity contribution in [2.24, 2.45) is 0 Å². The van der Waals surface area contributed by atoms with Gasteiger partial charge in [-0.3, -0.25) is 9.69 Å². The van der Waals surface area contributed by atoms with Crippen LogP contribution in [0.1, 0.15) is 26.7 Å². The summed E-state index contributed by atoms with van der Waals surface area (Å²) in [6, 6.07) is 0.257. The molecule has 16 heavy (non-hydrogen) atoms. The van der Waals surface area contributed by atoms with E-state index >= 15 is 0 Å². The first-order valence-electron chi connectivity index (χ1n) is 5.91. The molecule has 2 N–H and O–H groups in total. The van der Waals surface area contributed by atoms with E-state index in [1.807, 2.05) is 4.90 Å². The fourth-order valence-electron chi connectivity index (χ4n) is 1.53. The van der Waals surface area contributed by atoms with Gasteiger partial charge in [-0.15, -0.1) is 6.58 Å². The lowest BCUT2D eigenvalue weighted by atomic mass is 10.2. The Labute approximate surface area is 98.3 Å². The summed E-state index contributed by atoms with van der Waals surface area (Å²) in [6.07, 6.45) is 3.63. The van der Waals surface area contributed by atoms with Crippen LogP contribution in [0.15, 0.2) is 12.7 Å². The number of carbonyl (C=O) groups excluding carboxylic acids is 1. The summed E-state index contributed by atoms with van der Waals surface area (Å²) in [4.78, 5) is 13.5. The lowest BCUT2D eigenvalue weighted by Crippen LogP contribution is -2.42. The molecule has 0 rings (SSSR count). The van der Waals surface area contributed by atoms with E-state index in [-0.39, 0.29) is 18.6 Å². The average molecular weight is 228 g/mol. The van der Waals surface area contributed by atoms with Crippen molar-refractivity contribution in [1.29, 1.82) is 0 Å². The van der Waals surface area contributed by atoms with Crippen LogP contribution in [0.4, 0.5) is 0 Å². The van der Waals surface area contributed by atoms with E-state index in [9.17, 15) is 4.79 Å². The maximum absolute atomic E-state index is 11.7. The number of carbonyl (C=O) groups is 1. The molecular weight excluding hydrogens is 204 g/mol. The molecule has 0 aromatic carbocycles. The molecular formula is C12H24N2O2. The smallest absolute Gasteiger partial charge is 0.234 e. The normalized spacial score (nSPS) is 10.8. The first-order valence-corrected chi connectivity index (χ1v) is 5.91. The Morgan fingerprint density at radius 3 is 2.56 bits per heavy atom. The van der Waals surface area contributed by atoms with Gasteiger partial charge in [0.2, 0.25) is 5.91 Å². The molecule has 4 heteroatoms. The highest BCUT2D eigenvalue weighted by molar-refractivity contribution is 5.78. The number of nitrogens with zero attached hydrogens (tertiary/aromatic N) is 1. The Balaban J connectivity index is 4.02. The second-order valence-corrected chi connectivity index (χ2v) is 3.83. The number of amides is 1. The number of aliphatic hydroxyl groups is 1. The summed E-state index contributed by atoms with van der Waals surface area (Å²) in [7, 11) is 0. The summed E-state index contributed by atoms with van der Waals surface area (Å²) < 4.78 is 0. The van der Waals surface area contributed by atoms with Crippen molar-refractivity contribution >= 4 is 5.91 Å². The molecule has 0 spiro atoms. The van der Waals surface area contributed by atoms with Crippen molar-refractivity contribution in [3.8, 4) is 0 Å². The zero-order valence-electron chi connectivity index (χ0n) is 10.4. The predicted molar refractivity (Wildman–Crippen MR) is 66.2 cm³/mol. The van der Waals surface area contributed by atoms with Crippen molar-refractivity contribution in [2.75, 3.05) is 26.2 Å². The third-order valence-corrected chi connectivity index (χ3v) is 2.52. The first-order chi connectivity index (χ1) is 7.67. The highest BCUT2D eigenvalue weighted by atomic mass is 16.3. The van der Waals surface area contributed by atoms with Crippen LogP contribution in [-0.4, -0.2) is 48.2 Å². The van der Waals surface area contributed by atoms with Crippen molar-refractivity contribution in [3.05, 3.63) is 12.7 Å². The van der Waals surface area contributed by atoms with Gasteiger partial charge in [0.1, 0.15) is 0 Å². The van der Waals surface area contributed by atoms with Gasteiger partial charge in [-0.25, -0.2) is 0 Å². The molecule has 0 aliphatic heterocycles. The van der Waals surface area contributed by atoms with E-state index in [1.165, 1.54) is 0 Å². The van der Waals surface area contributed by atoms with Crippen molar-refractivity contribution < 1.29 is 9.90 Å². The van der Waals surface area contributed by atoms with Gasteiger partial charge in [0.05, 0.1) is 13.2 Å². The largest absolute Gasteiger partial charge is 0.395 e. The van der Waals surface area contributed by atoms with Gasteiger partial charge >= 0.3 is 0 Å². The second kappa shape index (κ2) is 9.36. The van der Waals surface area contributed by atoms with Crippen molar-refractivity contribution in [3.63, 3.8) is 0 Å². The number of hydrogen-bond donors (Lipinski definition) is 2. The third kappa shape index (κ3) is 6.58. The fraction of sp³-hybridized carbons (Fsp3) is 0.750. The number of aliphatic hydroxyl groups excluding tert-OH is 1. The SMILES string of the molecule is C=CCN(CCO)CC(=O)NC(CC)CC. The minimum atomic E-state index is 0.0176. The Kier molecular flexibility index (Phi) is 8.85. The highest BCUT2D eigenvalue weighted by Gasteiger charge is 2.11. The molecule has 1 amide bonds. The summed E-state index contributed by atoms with van der Waals surface area (Å²) in [5.74, 6) is 0.0176. The average Bonchev–Trinajstić information content (AvgIpc) is 2.26. The van der Waals surface area contributed by atoms with Crippen LogP contribution >= 0.6 is 0 Å². The summed E-state index contributed by atoms with van der Waals surface area (Å²) in [5, 5.41) is 11.8. The lowest BCUT2D eigenvalue weighted by molar-refractivity contribution is -0.123. The van der Waals surface area contributed by atoms with E-state index in [4.69, 9.17) is 5.11 Å². The molecule has 4 nitrogen and oxygen atoms in total. The topological polar surface area (TPSA) is 52.6 Å². The Hall–Kier alpha value is -0.870. The van der Waals surface area contributed by atoms with E-state index in [0.717, 1.165) is 12.8 Å². The molecule has 0 heterocycles. The highest BCUT2D eigenvalue weighted by Crippen LogP contribution is 1.96. The van der Waals surface area contributed by atoms with Gasteiger partial charge in [0, 0.05) is 19.1 Å². The van der Waals surface area contributed by atoms with E-state index in [1.54, 1.807) is 6.08 Å². The first kappa shape index (κ1) is 15.1. The Morgan fingerprint density at radius 2 is 2.12 bits per heavy atom. The van der Waals surface area contributed by atoms with Crippen LogP contribution in [0, 0.1) is 0 Å². The van der Waals surface area contributed by atoms with Crippen LogP contribution in [-0.2, 0) is 4.79 Å². The standard InChI is InChI=1S/C12H24N2O2/c1-4-7-14(8-9-15)10-12(16)13-11(5-2)6-3/h4,11,15H,1,5-10H2,2-3H3,(H,13,16). The molecule has 0 saturated heterocycles. The Bertz CT molecular complexity index is 203. The quantitative estimate of drug-likeness (QED) is 0.573. The summed E-state index contributed by atoms with van der Waals surface area (Å²) >= 11 is 0. The van der Waals surface area contributed by atoms with Crippen LogP contribution in [0.25, 0.3) is 0 Å². The van der Waals surface area contributed by atoms with Crippen molar-refractivity contribution in [1.82, 2.24) is 10.2 Å². The zero-order valence-corrected chi connectivity index (χ0v) is 10.4. The molecule has 0 atom stereocenters. The molecule has 94 valence electrons. The number of nitrogens with one attached hydrogen (secondary N) is 1. The van der Waals surface area contributed by atoms with Gasteiger partial charge in [-0.2, -0.15) is 0 Å². The minimum Gasteiger partial charge on any atom is -0.395 e. The van der Waals surface area contributed by atoms with Crippen molar-refractivity contribution in [2.45, 2.75) is 32.7 Å². The molecule has 0 saturated carbocycles. The monoisotopic (exact) mass is 228 g/mol. The molecule has 0 fully saturated rings. The number of rotatable bonds is 9. The Morgan fingerprint density at radius 1 is 1.50 bits per heavy atom. The van der Waals surface area contributed by atoms with Gasteiger partial charge < -0.3 is 10.4 Å². The maximum Gasteiger partial charge on any atom is 0.234 e. The van der Waals surface area contributed by atoms with Crippen LogP contribution in [0.5, 0.6) is 0 Å². The van der Waals surface area contributed by atoms with Crippen LogP contribution < -0.4 is 5.32 Å². The molecule has 0 aliphatic rings. The summed E-state index contributed by atoms with van der Waals surface area (Å²) in [6.45, 7) is 9.26. The molecule has 0 aromatic heterocycles. The minimum absolute atomic E-state index is 0.0176. The fourth-order valence-corrected chi connectivity index (χ4v) is 1.53. The van der Waals surface area contributed by atoms with Crippen LogP contribution in [0.3, 0.4) is 0 Å². The van der Waals surface area contributed by atoms with Crippen LogP contribution in [0.2, 0.25) is 0 Å². The maximum atomic E-state index is 11.7. The van der Waals surface area contributed by atoms with Gasteiger partial charge in [-0.1, -0.05) is 19.9 Å².